The molecule has 0 radical (unpaired) electrons. The summed E-state index contributed by atoms with van der Waals surface area (Å²) >= 11 is 9.20. The molecule has 2 aromatic rings. The van der Waals surface area contributed by atoms with Crippen LogP contribution < -0.4 is 4.74 Å². The topological polar surface area (TPSA) is 9.23 Å². The molecule has 4 heteroatoms. The lowest BCUT2D eigenvalue weighted by atomic mass is 10.0. The van der Waals surface area contributed by atoms with Crippen LogP contribution in [0, 0.1) is 5.82 Å². The summed E-state index contributed by atoms with van der Waals surface area (Å²) in [6.07, 6.45) is 0.640. The van der Waals surface area contributed by atoms with E-state index in [1.54, 1.807) is 6.07 Å². The largest absolute Gasteiger partial charge is 0.485 e. The van der Waals surface area contributed by atoms with Gasteiger partial charge in [-0.1, -0.05) is 39.7 Å². The van der Waals surface area contributed by atoms with Gasteiger partial charge in [-0.2, -0.15) is 0 Å². The average molecular weight is 328 g/mol. The molecule has 1 aliphatic rings. The van der Waals surface area contributed by atoms with Gasteiger partial charge in [0.2, 0.25) is 0 Å². The van der Waals surface area contributed by atoms with Crippen molar-refractivity contribution in [3.63, 3.8) is 0 Å². The van der Waals surface area contributed by atoms with Crippen LogP contribution in [-0.2, 0) is 6.42 Å². The van der Waals surface area contributed by atoms with Crippen molar-refractivity contribution in [2.75, 3.05) is 0 Å². The van der Waals surface area contributed by atoms with Crippen molar-refractivity contribution in [2.24, 2.45) is 0 Å². The van der Waals surface area contributed by atoms with Crippen LogP contribution >= 0.6 is 27.5 Å². The molecular weight excluding hydrogens is 319 g/mol. The Labute approximate surface area is 118 Å². The molecule has 0 bridgehead atoms. The quantitative estimate of drug-likeness (QED) is 0.722. The fourth-order valence-corrected chi connectivity index (χ4v) is 2.73. The second-order valence-electron chi connectivity index (χ2n) is 4.24. The Balaban J connectivity index is 1.93. The van der Waals surface area contributed by atoms with E-state index < -0.39 is 5.82 Å². The van der Waals surface area contributed by atoms with Crippen LogP contribution in [0.25, 0.3) is 0 Å². The number of hydrogen-bond acceptors (Lipinski definition) is 1. The molecule has 1 heterocycles. The molecule has 1 atom stereocenters. The summed E-state index contributed by atoms with van der Waals surface area (Å²) in [6, 6.07) is 10.9. The van der Waals surface area contributed by atoms with E-state index in [-0.39, 0.29) is 11.1 Å². The van der Waals surface area contributed by atoms with Crippen molar-refractivity contribution in [3.05, 3.63) is 62.8 Å². The maximum atomic E-state index is 13.3. The first-order valence-corrected chi connectivity index (χ1v) is 6.70. The molecule has 0 spiro atoms. The average Bonchev–Trinajstić information content (AvgIpc) is 2.73. The van der Waals surface area contributed by atoms with Gasteiger partial charge >= 0.3 is 0 Å². The third kappa shape index (κ3) is 2.13. The Bertz CT molecular complexity index is 584. The second-order valence-corrected chi connectivity index (χ2v) is 5.56. The zero-order valence-electron chi connectivity index (χ0n) is 9.29. The summed E-state index contributed by atoms with van der Waals surface area (Å²) in [5.74, 6) is 0.146. The normalized spacial score (nSPS) is 17.4. The second kappa shape index (κ2) is 4.56. The van der Waals surface area contributed by atoms with Gasteiger partial charge in [-0.05, 0) is 29.3 Å². The highest BCUT2D eigenvalue weighted by Crippen LogP contribution is 2.39. The van der Waals surface area contributed by atoms with Crippen LogP contribution in [-0.4, -0.2) is 0 Å². The van der Waals surface area contributed by atoms with Gasteiger partial charge in [0.1, 0.15) is 17.7 Å². The van der Waals surface area contributed by atoms with Gasteiger partial charge in [0.25, 0.3) is 0 Å². The van der Waals surface area contributed by atoms with E-state index in [1.165, 1.54) is 6.07 Å². The number of fused-ring (bicyclic) bond motifs is 1. The van der Waals surface area contributed by atoms with Crippen molar-refractivity contribution in [1.29, 1.82) is 0 Å². The summed E-state index contributed by atoms with van der Waals surface area (Å²) in [4.78, 5) is 0. The standard InChI is InChI=1S/C14H9BrClFO/c15-10-3-1-2-8(4-10)13-6-9-5-11(16)12(17)7-14(9)18-13/h1-5,7,13H,6H2. The number of ether oxygens (including phenoxy) is 1. The summed E-state index contributed by atoms with van der Waals surface area (Å²) in [5, 5.41) is 0.146. The third-order valence-corrected chi connectivity index (χ3v) is 3.78. The zero-order chi connectivity index (χ0) is 12.7. The molecule has 0 saturated heterocycles. The van der Waals surface area contributed by atoms with Crippen molar-refractivity contribution >= 4 is 27.5 Å². The Morgan fingerprint density at radius 3 is 2.89 bits per heavy atom. The molecule has 0 saturated carbocycles. The van der Waals surface area contributed by atoms with Crippen LogP contribution in [0.5, 0.6) is 5.75 Å². The Hall–Kier alpha value is -1.06. The van der Waals surface area contributed by atoms with Gasteiger partial charge in [-0.3, -0.25) is 0 Å². The predicted molar refractivity (Wildman–Crippen MR) is 72.6 cm³/mol. The molecule has 1 nitrogen and oxygen atoms in total. The predicted octanol–water partition coefficient (Wildman–Crippen LogP) is 4.92. The van der Waals surface area contributed by atoms with E-state index in [1.807, 2.05) is 24.3 Å². The smallest absolute Gasteiger partial charge is 0.145 e. The molecule has 1 aliphatic heterocycles. The van der Waals surface area contributed by atoms with Gasteiger partial charge in [-0.25, -0.2) is 4.39 Å². The molecule has 0 amide bonds. The van der Waals surface area contributed by atoms with Gasteiger partial charge in [0.05, 0.1) is 5.02 Å². The Morgan fingerprint density at radius 2 is 2.11 bits per heavy atom. The van der Waals surface area contributed by atoms with Crippen molar-refractivity contribution < 1.29 is 9.13 Å². The SMILES string of the molecule is Fc1cc2c(cc1Cl)CC(c1cccc(Br)c1)O2. The lowest BCUT2D eigenvalue weighted by Crippen LogP contribution is -2.02. The van der Waals surface area contributed by atoms with Crippen molar-refractivity contribution in [3.8, 4) is 5.75 Å². The molecule has 0 fully saturated rings. The van der Waals surface area contributed by atoms with Gasteiger partial charge in [0, 0.05) is 17.0 Å². The summed E-state index contributed by atoms with van der Waals surface area (Å²) in [7, 11) is 0. The minimum atomic E-state index is -0.440. The third-order valence-electron chi connectivity index (χ3n) is 3.00. The Morgan fingerprint density at radius 1 is 1.28 bits per heavy atom. The summed E-state index contributed by atoms with van der Waals surface area (Å²) in [6.45, 7) is 0. The lowest BCUT2D eigenvalue weighted by Gasteiger charge is -2.11. The van der Waals surface area contributed by atoms with E-state index in [9.17, 15) is 4.39 Å². The van der Waals surface area contributed by atoms with Gasteiger partial charge in [-0.15, -0.1) is 0 Å². The number of halogens is 3. The fourth-order valence-electron chi connectivity index (χ4n) is 2.13. The highest BCUT2D eigenvalue weighted by atomic mass is 79.9. The van der Waals surface area contributed by atoms with Crippen LogP contribution in [0.2, 0.25) is 5.02 Å². The molecule has 2 aromatic carbocycles. The molecule has 0 aliphatic carbocycles. The molecular formula is C14H9BrClFO. The molecule has 92 valence electrons. The minimum absolute atomic E-state index is 0.0737. The van der Waals surface area contributed by atoms with Crippen molar-refractivity contribution in [1.82, 2.24) is 0 Å². The molecule has 18 heavy (non-hydrogen) atoms. The highest BCUT2D eigenvalue weighted by molar-refractivity contribution is 9.10. The Kier molecular flexibility index (Phi) is 3.04. The fraction of sp³-hybridized carbons (Fsp3) is 0.143. The monoisotopic (exact) mass is 326 g/mol. The highest BCUT2D eigenvalue weighted by Gasteiger charge is 2.25. The van der Waals surface area contributed by atoms with Gasteiger partial charge in [0.15, 0.2) is 0 Å². The van der Waals surface area contributed by atoms with Crippen LogP contribution in [0.4, 0.5) is 4.39 Å². The zero-order valence-corrected chi connectivity index (χ0v) is 11.6. The van der Waals surface area contributed by atoms with Crippen molar-refractivity contribution in [2.45, 2.75) is 12.5 Å². The molecule has 1 unspecified atom stereocenters. The van der Waals surface area contributed by atoms with Crippen LogP contribution in [0.1, 0.15) is 17.2 Å². The van der Waals surface area contributed by atoms with Crippen LogP contribution in [0.15, 0.2) is 40.9 Å². The first kappa shape index (κ1) is 12.0. The maximum Gasteiger partial charge on any atom is 0.145 e. The van der Waals surface area contributed by atoms with E-state index in [4.69, 9.17) is 16.3 Å². The number of benzene rings is 2. The molecule has 3 rings (SSSR count). The van der Waals surface area contributed by atoms with Crippen LogP contribution in [0.3, 0.4) is 0 Å². The lowest BCUT2D eigenvalue weighted by molar-refractivity contribution is 0.238. The first-order chi connectivity index (χ1) is 8.63. The minimum Gasteiger partial charge on any atom is -0.485 e. The maximum absolute atomic E-state index is 13.3. The molecule has 0 aromatic heterocycles. The first-order valence-electron chi connectivity index (χ1n) is 5.53. The summed E-state index contributed by atoms with van der Waals surface area (Å²) in [5.41, 5.74) is 2.02. The molecule has 0 N–H and O–H groups in total. The van der Waals surface area contributed by atoms with E-state index >= 15 is 0 Å². The summed E-state index contributed by atoms with van der Waals surface area (Å²) < 4.78 is 20.1. The number of hydrogen-bond donors (Lipinski definition) is 0. The van der Waals surface area contributed by atoms with E-state index in [2.05, 4.69) is 15.9 Å². The van der Waals surface area contributed by atoms with Gasteiger partial charge < -0.3 is 4.74 Å². The van der Waals surface area contributed by atoms with E-state index in [0.29, 0.717) is 12.2 Å². The van der Waals surface area contributed by atoms with E-state index in [0.717, 1.165) is 15.6 Å². The number of rotatable bonds is 1.